The van der Waals surface area contributed by atoms with E-state index in [0.29, 0.717) is 0 Å². The molecule has 0 spiro atoms. The lowest BCUT2D eigenvalue weighted by Gasteiger charge is -1.91. The van der Waals surface area contributed by atoms with Crippen molar-refractivity contribution in [2.45, 2.75) is 40.2 Å². The van der Waals surface area contributed by atoms with Gasteiger partial charge in [0.2, 0.25) is 0 Å². The third kappa shape index (κ3) is 90.9. The molecular formula is C10H24O5. The van der Waals surface area contributed by atoms with E-state index >= 15 is 0 Å². The summed E-state index contributed by atoms with van der Waals surface area (Å²) in [5.74, 6) is -0.833. The van der Waals surface area contributed by atoms with Crippen molar-refractivity contribution in [3.05, 3.63) is 0 Å². The van der Waals surface area contributed by atoms with Crippen LogP contribution in [0.25, 0.3) is 0 Å². The maximum atomic E-state index is 9.00. The molecule has 0 aliphatic carbocycles. The Bertz CT molecular complexity index is 106. The van der Waals surface area contributed by atoms with E-state index in [1.54, 1.807) is 0 Å². The number of aliphatic carboxylic acids is 1. The molecule has 0 saturated carbocycles. The van der Waals surface area contributed by atoms with Crippen molar-refractivity contribution in [1.29, 1.82) is 0 Å². The zero-order chi connectivity index (χ0) is 12.7. The Labute approximate surface area is 91.7 Å². The minimum Gasteiger partial charge on any atom is -0.481 e. The average molecular weight is 224 g/mol. The van der Waals surface area contributed by atoms with Gasteiger partial charge < -0.3 is 20.1 Å². The Kier molecular flexibility index (Phi) is 25.2. The molecule has 0 radical (unpaired) electrons. The van der Waals surface area contributed by atoms with Crippen molar-refractivity contribution in [2.75, 3.05) is 19.8 Å². The van der Waals surface area contributed by atoms with E-state index in [9.17, 15) is 0 Å². The molecule has 0 aliphatic rings. The van der Waals surface area contributed by atoms with E-state index in [1.165, 1.54) is 6.92 Å². The first kappa shape index (κ1) is 19.9. The minimum atomic E-state index is -0.833. The van der Waals surface area contributed by atoms with E-state index in [1.807, 2.05) is 6.92 Å². The van der Waals surface area contributed by atoms with E-state index in [4.69, 9.17) is 24.9 Å². The summed E-state index contributed by atoms with van der Waals surface area (Å²) in [6.07, 6.45) is 0.573. The molecule has 0 saturated heterocycles. The maximum absolute atomic E-state index is 9.00. The Hall–Kier alpha value is -0.650. The molecule has 0 aromatic carbocycles. The lowest BCUT2D eigenvalue weighted by atomic mass is 10.5. The monoisotopic (exact) mass is 224 g/mol. The topological polar surface area (TPSA) is 87.0 Å². The minimum absolute atomic E-state index is 0.139. The molecule has 0 amide bonds. The number of carbonyl (C=O) groups is 1. The zero-order valence-electron chi connectivity index (χ0n) is 10.1. The third-order valence-electron chi connectivity index (χ3n) is 0.817. The summed E-state index contributed by atoms with van der Waals surface area (Å²) >= 11 is 0. The number of hydrogen-bond acceptors (Lipinski definition) is 4. The molecule has 0 heterocycles. The van der Waals surface area contributed by atoms with Gasteiger partial charge in [-0.05, 0) is 20.3 Å². The normalized spacial score (nSPS) is 10.3. The van der Waals surface area contributed by atoms with Crippen molar-refractivity contribution in [3.63, 3.8) is 0 Å². The molecule has 5 heteroatoms. The van der Waals surface area contributed by atoms with Crippen LogP contribution in [0.2, 0.25) is 0 Å². The number of hydrogen-bond donors (Lipinski definition) is 3. The number of carboxylic acids is 1. The van der Waals surface area contributed by atoms with Gasteiger partial charge in [-0.15, -0.1) is 0 Å². The largest absolute Gasteiger partial charge is 0.481 e. The quantitative estimate of drug-likeness (QED) is 0.617. The van der Waals surface area contributed by atoms with Crippen molar-refractivity contribution in [1.82, 2.24) is 0 Å². The van der Waals surface area contributed by atoms with Crippen LogP contribution in [0.4, 0.5) is 0 Å². The molecule has 0 fully saturated rings. The van der Waals surface area contributed by atoms with Crippen LogP contribution in [-0.2, 0) is 9.53 Å². The first-order valence-electron chi connectivity index (χ1n) is 4.98. The van der Waals surface area contributed by atoms with Gasteiger partial charge in [0, 0.05) is 20.1 Å². The van der Waals surface area contributed by atoms with Crippen LogP contribution >= 0.6 is 0 Å². The molecule has 94 valence electrons. The summed E-state index contributed by atoms with van der Waals surface area (Å²) < 4.78 is 4.98. The summed E-state index contributed by atoms with van der Waals surface area (Å²) in [6.45, 7) is 8.36. The molecule has 5 nitrogen and oxygen atoms in total. The van der Waals surface area contributed by atoms with Gasteiger partial charge >= 0.3 is 0 Å². The van der Waals surface area contributed by atoms with Crippen LogP contribution in [0, 0.1) is 0 Å². The molecular weight excluding hydrogens is 200 g/mol. The molecule has 3 N–H and O–H groups in total. The fraction of sp³-hybridized carbons (Fsp3) is 0.900. The lowest BCUT2D eigenvalue weighted by molar-refractivity contribution is -0.134. The Morgan fingerprint density at radius 1 is 1.40 bits per heavy atom. The summed E-state index contributed by atoms with van der Waals surface area (Å²) in [6, 6.07) is 0. The fourth-order valence-electron chi connectivity index (χ4n) is 0.289. The molecule has 0 aliphatic heterocycles. The van der Waals surface area contributed by atoms with Crippen molar-refractivity contribution < 1.29 is 24.9 Å². The van der Waals surface area contributed by atoms with Gasteiger partial charge in [-0.2, -0.15) is 0 Å². The summed E-state index contributed by atoms with van der Waals surface area (Å²) in [5, 5.41) is 23.4. The van der Waals surface area contributed by atoms with Gasteiger partial charge in [-0.25, -0.2) is 0 Å². The summed E-state index contributed by atoms with van der Waals surface area (Å²) in [7, 11) is 0. The first-order valence-corrected chi connectivity index (χ1v) is 4.98. The van der Waals surface area contributed by atoms with E-state index in [-0.39, 0.29) is 6.61 Å². The Balaban J connectivity index is -0.000000147. The summed E-state index contributed by atoms with van der Waals surface area (Å²) in [4.78, 5) is 9.00. The molecule has 15 heavy (non-hydrogen) atoms. The van der Waals surface area contributed by atoms with Gasteiger partial charge in [-0.3, -0.25) is 4.79 Å². The lowest BCUT2D eigenvalue weighted by Crippen LogP contribution is -2.03. The fourth-order valence-corrected chi connectivity index (χ4v) is 0.289. The first-order chi connectivity index (χ1) is 6.92. The SMILES string of the molecule is CC(=O)O.CC(O)CO.CCCOCC. The second-order valence-corrected chi connectivity index (χ2v) is 2.75. The highest BCUT2D eigenvalue weighted by Gasteiger charge is 1.83. The molecule has 1 atom stereocenters. The van der Waals surface area contributed by atoms with Gasteiger partial charge in [0.05, 0.1) is 12.7 Å². The van der Waals surface area contributed by atoms with Gasteiger partial charge in [0.15, 0.2) is 0 Å². The van der Waals surface area contributed by atoms with E-state index in [0.717, 1.165) is 26.6 Å². The number of aliphatic hydroxyl groups is 2. The number of carboxylic acid groups (broad SMARTS) is 1. The molecule has 0 bridgehead atoms. The van der Waals surface area contributed by atoms with Gasteiger partial charge in [0.1, 0.15) is 0 Å². The van der Waals surface area contributed by atoms with Crippen LogP contribution < -0.4 is 0 Å². The average Bonchev–Trinajstić information content (AvgIpc) is 2.14. The number of rotatable bonds is 4. The molecule has 1 unspecified atom stereocenters. The van der Waals surface area contributed by atoms with Crippen LogP contribution in [0.15, 0.2) is 0 Å². The van der Waals surface area contributed by atoms with Crippen LogP contribution in [-0.4, -0.2) is 47.2 Å². The standard InChI is InChI=1S/C5H12O.C3H8O2.C2H4O2/c1-3-5-6-4-2;1-3(5)2-4;1-2(3)4/h3-5H2,1-2H3;3-5H,2H2,1H3;1H3,(H,3,4). The Morgan fingerprint density at radius 2 is 1.73 bits per heavy atom. The predicted molar refractivity (Wildman–Crippen MR) is 58.9 cm³/mol. The van der Waals surface area contributed by atoms with E-state index in [2.05, 4.69) is 6.92 Å². The highest BCUT2D eigenvalue weighted by molar-refractivity contribution is 5.62. The smallest absolute Gasteiger partial charge is 0.300 e. The Morgan fingerprint density at radius 3 is 1.80 bits per heavy atom. The second-order valence-electron chi connectivity index (χ2n) is 2.75. The molecule has 0 aromatic heterocycles. The zero-order valence-corrected chi connectivity index (χ0v) is 10.1. The predicted octanol–water partition coefficient (Wildman–Crippen LogP) is 0.883. The third-order valence-corrected chi connectivity index (χ3v) is 0.817. The molecule has 0 aromatic rings. The van der Waals surface area contributed by atoms with E-state index < -0.39 is 12.1 Å². The van der Waals surface area contributed by atoms with Crippen molar-refractivity contribution >= 4 is 5.97 Å². The second kappa shape index (κ2) is 19.0. The van der Waals surface area contributed by atoms with Gasteiger partial charge in [-0.1, -0.05) is 6.92 Å². The van der Waals surface area contributed by atoms with Crippen LogP contribution in [0.3, 0.4) is 0 Å². The highest BCUT2D eigenvalue weighted by atomic mass is 16.5. The summed E-state index contributed by atoms with van der Waals surface area (Å²) in [5.41, 5.74) is 0. The maximum Gasteiger partial charge on any atom is 0.300 e. The van der Waals surface area contributed by atoms with Crippen LogP contribution in [0.1, 0.15) is 34.1 Å². The van der Waals surface area contributed by atoms with Crippen molar-refractivity contribution in [3.8, 4) is 0 Å². The highest BCUT2D eigenvalue weighted by Crippen LogP contribution is 1.75. The van der Waals surface area contributed by atoms with Crippen LogP contribution in [0.5, 0.6) is 0 Å². The van der Waals surface area contributed by atoms with Gasteiger partial charge in [0.25, 0.3) is 5.97 Å². The number of aliphatic hydroxyl groups excluding tert-OH is 2. The molecule has 0 rings (SSSR count). The van der Waals surface area contributed by atoms with Crippen molar-refractivity contribution in [2.24, 2.45) is 0 Å². The number of ether oxygens (including phenoxy) is 1.